The van der Waals surface area contributed by atoms with E-state index in [0.717, 1.165) is 42.7 Å². The van der Waals surface area contributed by atoms with Gasteiger partial charge >= 0.3 is 0 Å². The number of fused-ring (bicyclic) bond motifs is 1. The molecule has 2 aromatic rings. The molecule has 4 nitrogen and oxygen atoms in total. The van der Waals surface area contributed by atoms with Crippen LogP contribution in [0.5, 0.6) is 0 Å². The fourth-order valence-corrected chi connectivity index (χ4v) is 4.53. The Hall–Kier alpha value is -1.43. The highest BCUT2D eigenvalue weighted by Crippen LogP contribution is 2.19. The minimum Gasteiger partial charge on any atom is -0.303 e. The van der Waals surface area contributed by atoms with E-state index in [2.05, 4.69) is 16.5 Å². The average molecular weight is 346 g/mol. The zero-order chi connectivity index (χ0) is 17.0. The van der Waals surface area contributed by atoms with Crippen LogP contribution in [0.4, 0.5) is 0 Å². The first-order valence-corrected chi connectivity index (χ1v) is 10.2. The summed E-state index contributed by atoms with van der Waals surface area (Å²) in [6.07, 6.45) is 3.41. The minimum absolute atomic E-state index is 0.341. The number of nitrogens with one attached hydrogen (secondary N) is 1. The van der Waals surface area contributed by atoms with Crippen molar-refractivity contribution in [2.45, 2.75) is 31.1 Å². The van der Waals surface area contributed by atoms with Gasteiger partial charge in [-0.2, -0.15) is 0 Å². The van der Waals surface area contributed by atoms with E-state index in [1.165, 1.54) is 12.8 Å². The van der Waals surface area contributed by atoms with Crippen LogP contribution in [0.3, 0.4) is 0 Å². The molecule has 0 aliphatic carbocycles. The molecular formula is C19H26N2O2S. The van der Waals surface area contributed by atoms with E-state index >= 15 is 0 Å². The summed E-state index contributed by atoms with van der Waals surface area (Å²) in [7, 11) is -3.43. The van der Waals surface area contributed by atoms with Crippen LogP contribution in [0.15, 0.2) is 47.4 Å². The van der Waals surface area contributed by atoms with E-state index in [0.29, 0.717) is 11.4 Å². The highest BCUT2D eigenvalue weighted by molar-refractivity contribution is 7.89. The van der Waals surface area contributed by atoms with Crippen molar-refractivity contribution < 1.29 is 8.42 Å². The Bertz CT molecular complexity index is 789. The maximum absolute atomic E-state index is 12.5. The summed E-state index contributed by atoms with van der Waals surface area (Å²) in [5.41, 5.74) is 0. The van der Waals surface area contributed by atoms with Gasteiger partial charge in [-0.1, -0.05) is 37.3 Å². The largest absolute Gasteiger partial charge is 0.303 e. The van der Waals surface area contributed by atoms with Crippen molar-refractivity contribution in [1.82, 2.24) is 9.62 Å². The number of rotatable bonds is 6. The number of likely N-dealkylation sites (tertiary alicyclic amines) is 1. The van der Waals surface area contributed by atoms with E-state index in [9.17, 15) is 8.42 Å². The van der Waals surface area contributed by atoms with Crippen LogP contribution in [0, 0.1) is 5.92 Å². The zero-order valence-corrected chi connectivity index (χ0v) is 15.1. The second-order valence-corrected chi connectivity index (χ2v) is 8.58. The van der Waals surface area contributed by atoms with Gasteiger partial charge in [0, 0.05) is 13.1 Å². The van der Waals surface area contributed by atoms with Crippen molar-refractivity contribution in [2.75, 3.05) is 26.2 Å². The van der Waals surface area contributed by atoms with E-state index in [-0.39, 0.29) is 0 Å². The van der Waals surface area contributed by atoms with Crippen molar-refractivity contribution in [3.63, 3.8) is 0 Å². The Labute approximate surface area is 144 Å². The third-order valence-electron chi connectivity index (χ3n) is 4.72. The van der Waals surface area contributed by atoms with E-state index in [1.54, 1.807) is 12.1 Å². The minimum atomic E-state index is -3.43. The molecule has 5 heteroatoms. The molecule has 130 valence electrons. The lowest BCUT2D eigenvalue weighted by molar-refractivity contribution is 0.182. The van der Waals surface area contributed by atoms with Gasteiger partial charge in [-0.3, -0.25) is 0 Å². The molecule has 1 aliphatic rings. The Morgan fingerprint density at radius 1 is 1.17 bits per heavy atom. The molecule has 1 atom stereocenters. The van der Waals surface area contributed by atoms with Crippen molar-refractivity contribution >= 4 is 20.8 Å². The quantitative estimate of drug-likeness (QED) is 0.817. The smallest absolute Gasteiger partial charge is 0.240 e. The van der Waals surface area contributed by atoms with Gasteiger partial charge in [0.15, 0.2) is 0 Å². The van der Waals surface area contributed by atoms with Gasteiger partial charge in [0.2, 0.25) is 10.0 Å². The number of hydrogen-bond acceptors (Lipinski definition) is 3. The second kappa shape index (κ2) is 7.64. The highest BCUT2D eigenvalue weighted by atomic mass is 32.2. The van der Waals surface area contributed by atoms with Gasteiger partial charge in [0.05, 0.1) is 4.90 Å². The second-order valence-electron chi connectivity index (χ2n) is 6.81. The molecule has 0 aromatic heterocycles. The van der Waals surface area contributed by atoms with Crippen molar-refractivity contribution in [3.8, 4) is 0 Å². The predicted octanol–water partition coefficient (Wildman–Crippen LogP) is 3.24. The zero-order valence-electron chi connectivity index (χ0n) is 14.2. The monoisotopic (exact) mass is 346 g/mol. The lowest BCUT2D eigenvalue weighted by atomic mass is 10.0. The molecule has 1 fully saturated rings. The van der Waals surface area contributed by atoms with E-state index < -0.39 is 10.0 Å². The molecule has 1 N–H and O–H groups in total. The van der Waals surface area contributed by atoms with Crippen molar-refractivity contribution in [2.24, 2.45) is 5.92 Å². The summed E-state index contributed by atoms with van der Waals surface area (Å²) in [5.74, 6) is 0.757. The Morgan fingerprint density at radius 2 is 1.96 bits per heavy atom. The summed E-state index contributed by atoms with van der Waals surface area (Å²) in [5, 5.41) is 2.00. The lowest BCUT2D eigenvalue weighted by Gasteiger charge is -2.30. The molecule has 0 amide bonds. The van der Waals surface area contributed by atoms with Crippen LogP contribution in [-0.4, -0.2) is 39.5 Å². The van der Waals surface area contributed by atoms with E-state index in [4.69, 9.17) is 0 Å². The molecule has 3 rings (SSSR count). The maximum Gasteiger partial charge on any atom is 0.240 e. The lowest BCUT2D eigenvalue weighted by Crippen LogP contribution is -2.36. The van der Waals surface area contributed by atoms with Crippen molar-refractivity contribution in [3.05, 3.63) is 42.5 Å². The van der Waals surface area contributed by atoms with Crippen LogP contribution in [0.2, 0.25) is 0 Å². The van der Waals surface area contributed by atoms with Crippen LogP contribution in [-0.2, 0) is 10.0 Å². The Balaban J connectivity index is 1.55. The van der Waals surface area contributed by atoms with Gasteiger partial charge in [-0.15, -0.1) is 0 Å². The first-order valence-electron chi connectivity index (χ1n) is 8.75. The fraction of sp³-hybridized carbons (Fsp3) is 0.474. The topological polar surface area (TPSA) is 49.4 Å². The first-order chi connectivity index (χ1) is 11.5. The standard InChI is InChI=1S/C19H26N2O2S/c1-16-6-4-12-21(15-16)13-5-11-20-24(22,23)19-10-9-17-7-2-3-8-18(17)14-19/h2-3,7-10,14,16,20H,4-6,11-13,15H2,1H3. The van der Waals surface area contributed by atoms with Gasteiger partial charge < -0.3 is 4.90 Å². The van der Waals surface area contributed by atoms with Crippen LogP contribution in [0.1, 0.15) is 26.2 Å². The number of sulfonamides is 1. The Kier molecular flexibility index (Phi) is 5.54. The molecule has 0 saturated carbocycles. The number of piperidine rings is 1. The van der Waals surface area contributed by atoms with Gasteiger partial charge in [-0.25, -0.2) is 13.1 Å². The van der Waals surface area contributed by atoms with Crippen LogP contribution >= 0.6 is 0 Å². The molecule has 1 heterocycles. The number of nitrogens with zero attached hydrogens (tertiary/aromatic N) is 1. The first kappa shape index (κ1) is 17.4. The third-order valence-corrected chi connectivity index (χ3v) is 6.17. The van der Waals surface area contributed by atoms with E-state index in [1.807, 2.05) is 30.3 Å². The SMILES string of the molecule is CC1CCCN(CCCNS(=O)(=O)c2ccc3ccccc3c2)C1. The van der Waals surface area contributed by atoms with Gasteiger partial charge in [0.1, 0.15) is 0 Å². The average Bonchev–Trinajstić information content (AvgIpc) is 2.58. The van der Waals surface area contributed by atoms with Gasteiger partial charge in [-0.05, 0) is 61.2 Å². The molecule has 1 unspecified atom stereocenters. The molecule has 0 radical (unpaired) electrons. The molecule has 24 heavy (non-hydrogen) atoms. The normalized spacial score (nSPS) is 19.6. The summed E-state index contributed by atoms with van der Waals surface area (Å²) in [4.78, 5) is 2.78. The number of benzene rings is 2. The molecule has 0 spiro atoms. The number of hydrogen-bond donors (Lipinski definition) is 1. The predicted molar refractivity (Wildman–Crippen MR) is 98.6 cm³/mol. The molecular weight excluding hydrogens is 320 g/mol. The maximum atomic E-state index is 12.5. The van der Waals surface area contributed by atoms with Crippen LogP contribution in [0.25, 0.3) is 10.8 Å². The summed E-state index contributed by atoms with van der Waals surface area (Å²) in [6, 6.07) is 13.1. The molecule has 1 aliphatic heterocycles. The summed E-state index contributed by atoms with van der Waals surface area (Å²) < 4.78 is 27.6. The molecule has 0 bridgehead atoms. The van der Waals surface area contributed by atoms with Gasteiger partial charge in [0.25, 0.3) is 0 Å². The molecule has 2 aromatic carbocycles. The molecule has 1 saturated heterocycles. The Morgan fingerprint density at radius 3 is 2.75 bits per heavy atom. The highest BCUT2D eigenvalue weighted by Gasteiger charge is 2.17. The summed E-state index contributed by atoms with van der Waals surface area (Å²) in [6.45, 7) is 6.01. The van der Waals surface area contributed by atoms with Crippen molar-refractivity contribution in [1.29, 1.82) is 0 Å². The fourth-order valence-electron chi connectivity index (χ4n) is 3.42. The third kappa shape index (κ3) is 4.35. The summed E-state index contributed by atoms with van der Waals surface area (Å²) >= 11 is 0. The van der Waals surface area contributed by atoms with Crippen LogP contribution < -0.4 is 4.72 Å².